The summed E-state index contributed by atoms with van der Waals surface area (Å²) < 4.78 is 13.2. The van der Waals surface area contributed by atoms with Gasteiger partial charge >= 0.3 is 5.97 Å². The number of hydrogen-bond donors (Lipinski definition) is 3. The highest BCUT2D eigenvalue weighted by Crippen LogP contribution is 2.48. The molecule has 2 aliphatic heterocycles. The van der Waals surface area contributed by atoms with Crippen LogP contribution in [0.3, 0.4) is 0 Å². The summed E-state index contributed by atoms with van der Waals surface area (Å²) in [6, 6.07) is 0. The number of carboxylic acids is 1. The molecule has 12 atom stereocenters. The quantitative estimate of drug-likeness (QED) is 0.150. The van der Waals surface area contributed by atoms with E-state index in [1.165, 1.54) is 13.0 Å². The van der Waals surface area contributed by atoms with Crippen LogP contribution in [0.2, 0.25) is 0 Å². The van der Waals surface area contributed by atoms with Crippen molar-refractivity contribution in [2.24, 2.45) is 35.5 Å². The van der Waals surface area contributed by atoms with Gasteiger partial charge < -0.3 is 30.3 Å². The fraction of sp³-hybridized carbons (Fsp3) is 0.824. The first-order valence-corrected chi connectivity index (χ1v) is 16.6. The van der Waals surface area contributed by atoms with Crippen molar-refractivity contribution in [1.29, 1.82) is 0 Å². The number of aliphatic hydroxyl groups is 2. The smallest absolute Gasteiger partial charge is 0.315 e. The topological polar surface area (TPSA) is 167 Å². The van der Waals surface area contributed by atoms with E-state index in [2.05, 4.69) is 18.6 Å². The summed E-state index contributed by atoms with van der Waals surface area (Å²) in [6.07, 6.45) is 4.12. The molecule has 0 radical (unpaired) electrons. The monoisotopic (exact) mass is 618 g/mol. The predicted octanol–water partition coefficient (Wildman–Crippen LogP) is 4.79. The normalized spacial score (nSPS) is 37.1. The molecule has 3 N–H and O–H groups in total. The third-order valence-electron chi connectivity index (χ3n) is 11.2. The Labute approximate surface area is 262 Å². The number of nitrogens with zero attached hydrogens (tertiary/aromatic N) is 2. The van der Waals surface area contributed by atoms with Crippen LogP contribution in [-0.2, 0) is 23.9 Å². The van der Waals surface area contributed by atoms with Crippen LogP contribution in [0.25, 0.3) is 5.53 Å². The lowest BCUT2D eigenvalue weighted by molar-refractivity contribution is -0.229. The molecule has 2 heterocycles. The van der Waals surface area contributed by atoms with Gasteiger partial charge in [0.15, 0.2) is 5.78 Å². The first-order chi connectivity index (χ1) is 20.6. The van der Waals surface area contributed by atoms with E-state index in [-0.39, 0.29) is 53.6 Å². The number of hydrogen-bond acceptors (Lipinski definition) is 7. The molecule has 10 nitrogen and oxygen atoms in total. The van der Waals surface area contributed by atoms with Crippen molar-refractivity contribution in [2.45, 2.75) is 142 Å². The molecule has 0 spiro atoms. The third-order valence-corrected chi connectivity index (χ3v) is 11.2. The fourth-order valence-electron chi connectivity index (χ4n) is 8.02. The second kappa shape index (κ2) is 14.5. The number of Topliss-reactive ketones (excluding diaryl/α,β-unsaturated/α-hetero) is 2. The molecule has 12 unspecified atom stereocenters. The number of ether oxygens (including phenoxy) is 2. The van der Waals surface area contributed by atoms with Crippen molar-refractivity contribution in [3.05, 3.63) is 17.2 Å². The lowest BCUT2D eigenvalue weighted by Crippen LogP contribution is -2.55. The lowest BCUT2D eigenvalue weighted by Gasteiger charge is -2.47. The molecule has 2 fully saturated rings. The third kappa shape index (κ3) is 6.95. The number of allylic oxidation sites excluding steroid dienone is 2. The number of carbonyl (C=O) groups excluding carboxylic acids is 2. The Hall–Kier alpha value is -2.23. The van der Waals surface area contributed by atoms with Gasteiger partial charge in [-0.1, -0.05) is 41.5 Å². The number of aliphatic carboxylic acids is 1. The molecule has 44 heavy (non-hydrogen) atoms. The number of aliphatic hydroxyl groups excluding tert-OH is 1. The van der Waals surface area contributed by atoms with Crippen LogP contribution in [0.4, 0.5) is 0 Å². The summed E-state index contributed by atoms with van der Waals surface area (Å²) in [4.78, 5) is 41.7. The van der Waals surface area contributed by atoms with E-state index in [1.54, 1.807) is 6.92 Å². The minimum absolute atomic E-state index is 0.0682. The molecule has 0 amide bonds. The molecular weight excluding hydrogens is 564 g/mol. The average Bonchev–Trinajstić information content (AvgIpc) is 3.34. The Morgan fingerprint density at radius 3 is 2.36 bits per heavy atom. The van der Waals surface area contributed by atoms with E-state index in [0.717, 1.165) is 12.8 Å². The van der Waals surface area contributed by atoms with Crippen molar-refractivity contribution >= 4 is 23.2 Å². The molecule has 2 saturated heterocycles. The summed E-state index contributed by atoms with van der Waals surface area (Å²) in [7, 11) is 0. The highest BCUT2D eigenvalue weighted by Gasteiger charge is 2.55. The first-order valence-electron chi connectivity index (χ1n) is 16.6. The minimum Gasteiger partial charge on any atom is -0.481 e. The summed E-state index contributed by atoms with van der Waals surface area (Å²) >= 11 is 0. The van der Waals surface area contributed by atoms with Crippen LogP contribution in [0.1, 0.15) is 107 Å². The predicted molar refractivity (Wildman–Crippen MR) is 165 cm³/mol. The van der Waals surface area contributed by atoms with E-state index < -0.39 is 52.7 Å². The number of rotatable bonds is 13. The van der Waals surface area contributed by atoms with Crippen LogP contribution < -0.4 is 0 Å². The standard InChI is InChI=1S/C34H54N2O8/c1-9-23(31-20(6)17-34(11-3,44-31)26-14-15-33(42,10-2)22(8)43-26)30(39)21(7)28(37)18(4)12-13-24-25(36-35)16-19(5)29(38)27(24)32(40)41/h16,18,20-24,26-28,31,37,42H,9-15,17H2,1-8H3,(H,40,41). The summed E-state index contributed by atoms with van der Waals surface area (Å²) in [5, 5.41) is 32.0. The molecule has 248 valence electrons. The highest BCUT2D eigenvalue weighted by molar-refractivity contribution is 6.17. The maximum absolute atomic E-state index is 13.9. The van der Waals surface area contributed by atoms with Crippen molar-refractivity contribution in [3.63, 3.8) is 0 Å². The minimum atomic E-state index is -1.36. The maximum Gasteiger partial charge on any atom is 0.315 e. The van der Waals surface area contributed by atoms with E-state index >= 15 is 0 Å². The number of carbonyl (C=O) groups is 3. The van der Waals surface area contributed by atoms with Crippen molar-refractivity contribution in [3.8, 4) is 0 Å². The molecule has 3 aliphatic rings. The summed E-state index contributed by atoms with van der Waals surface area (Å²) in [5.74, 6) is -5.44. The van der Waals surface area contributed by atoms with Crippen LogP contribution in [0.5, 0.6) is 0 Å². The zero-order valence-corrected chi connectivity index (χ0v) is 27.8. The van der Waals surface area contributed by atoms with Gasteiger partial charge in [-0.25, -0.2) is 0 Å². The van der Waals surface area contributed by atoms with Gasteiger partial charge in [0.1, 0.15) is 11.7 Å². The Morgan fingerprint density at radius 1 is 1.18 bits per heavy atom. The second-order valence-electron chi connectivity index (χ2n) is 13.8. The number of ketones is 2. The van der Waals surface area contributed by atoms with Gasteiger partial charge in [0.2, 0.25) is 0 Å². The highest BCUT2D eigenvalue weighted by atomic mass is 16.6. The molecule has 0 aromatic heterocycles. The first kappa shape index (κ1) is 36.2. The molecule has 0 aromatic rings. The molecule has 0 aromatic carbocycles. The van der Waals surface area contributed by atoms with E-state index in [4.69, 9.17) is 9.47 Å². The van der Waals surface area contributed by atoms with Gasteiger partial charge in [-0.15, -0.1) is 0 Å². The Bertz CT molecular complexity index is 1160. The van der Waals surface area contributed by atoms with Crippen LogP contribution in [0.15, 0.2) is 11.6 Å². The SMILES string of the molecule is CCC(C(=O)C(C)C(O)C(C)CCC1C(=[N+]=[N-])C=C(C)C(=O)C1C(=O)O)C1OC(CC)(C2CCC(O)(CC)C(C)O2)CC1C. The average molecular weight is 619 g/mol. The van der Waals surface area contributed by atoms with Gasteiger partial charge in [-0.2, -0.15) is 4.79 Å². The molecule has 3 rings (SSSR count). The summed E-state index contributed by atoms with van der Waals surface area (Å²) in [5.41, 5.74) is 8.48. The van der Waals surface area contributed by atoms with E-state index in [1.807, 2.05) is 27.7 Å². The van der Waals surface area contributed by atoms with Gasteiger partial charge in [0.05, 0.1) is 41.5 Å². The molecular formula is C34H54N2O8. The van der Waals surface area contributed by atoms with E-state index in [0.29, 0.717) is 32.1 Å². The van der Waals surface area contributed by atoms with Gasteiger partial charge in [0, 0.05) is 23.5 Å². The molecule has 10 heteroatoms. The second-order valence-corrected chi connectivity index (χ2v) is 13.8. The van der Waals surface area contributed by atoms with Gasteiger partial charge in [-0.05, 0) is 77.0 Å². The lowest BCUT2D eigenvalue weighted by atomic mass is 9.73. The Balaban J connectivity index is 1.70. The van der Waals surface area contributed by atoms with Crippen LogP contribution in [-0.4, -0.2) is 79.0 Å². The Kier molecular flexibility index (Phi) is 11.9. The summed E-state index contributed by atoms with van der Waals surface area (Å²) in [6.45, 7) is 15.1. The molecule has 0 saturated carbocycles. The fourth-order valence-corrected chi connectivity index (χ4v) is 8.02. The molecule has 0 bridgehead atoms. The van der Waals surface area contributed by atoms with Gasteiger partial charge in [0.25, 0.3) is 5.71 Å². The van der Waals surface area contributed by atoms with Gasteiger partial charge in [-0.3, -0.25) is 14.4 Å². The van der Waals surface area contributed by atoms with Crippen molar-refractivity contribution in [2.75, 3.05) is 0 Å². The van der Waals surface area contributed by atoms with Crippen LogP contribution >= 0.6 is 0 Å². The zero-order chi connectivity index (χ0) is 33.1. The number of carboxylic acid groups (broad SMARTS) is 1. The van der Waals surface area contributed by atoms with Crippen molar-refractivity contribution < 1.29 is 44.0 Å². The van der Waals surface area contributed by atoms with E-state index in [9.17, 15) is 35.2 Å². The Morgan fingerprint density at radius 2 is 1.84 bits per heavy atom. The zero-order valence-electron chi connectivity index (χ0n) is 27.8. The maximum atomic E-state index is 13.9. The van der Waals surface area contributed by atoms with Crippen molar-refractivity contribution in [1.82, 2.24) is 0 Å². The molecule has 1 aliphatic carbocycles. The van der Waals surface area contributed by atoms with Crippen LogP contribution in [0, 0.1) is 35.5 Å². The largest absolute Gasteiger partial charge is 0.481 e.